The second-order valence-corrected chi connectivity index (χ2v) is 8.96. The minimum absolute atomic E-state index is 0.168. The van der Waals surface area contributed by atoms with Crippen molar-refractivity contribution in [2.75, 3.05) is 18.2 Å². The maximum absolute atomic E-state index is 12.5. The number of thiophene rings is 1. The standard InChI is InChI=1S/C19H26N4O3S2/c1-5-9-23-16(12-7-8-12)21-22-19(23)27-10-14(24)20-17-15(18(25)26-4)13(6-2)11(3)28-17/h12H,5-10H2,1-4H3,(H,20,24). The summed E-state index contributed by atoms with van der Waals surface area (Å²) in [5, 5.41) is 12.8. The first-order chi connectivity index (χ1) is 13.5. The van der Waals surface area contributed by atoms with Crippen LogP contribution in [-0.4, -0.2) is 39.5 Å². The number of esters is 1. The molecule has 0 unspecified atom stereocenters. The number of ether oxygens (including phenoxy) is 1. The highest BCUT2D eigenvalue weighted by molar-refractivity contribution is 7.99. The molecule has 0 aliphatic heterocycles. The molecular formula is C19H26N4O3S2. The summed E-state index contributed by atoms with van der Waals surface area (Å²) in [6, 6.07) is 0. The van der Waals surface area contributed by atoms with E-state index in [1.54, 1.807) is 0 Å². The summed E-state index contributed by atoms with van der Waals surface area (Å²) in [4.78, 5) is 25.7. The number of carbonyl (C=O) groups is 2. The zero-order valence-electron chi connectivity index (χ0n) is 16.7. The summed E-state index contributed by atoms with van der Waals surface area (Å²) in [6.07, 6.45) is 4.04. The number of hydrogen-bond acceptors (Lipinski definition) is 7. The third-order valence-corrected chi connectivity index (χ3v) is 6.70. The molecule has 0 atom stereocenters. The van der Waals surface area contributed by atoms with E-state index in [2.05, 4.69) is 27.0 Å². The average molecular weight is 423 g/mol. The molecule has 1 N–H and O–H groups in total. The van der Waals surface area contributed by atoms with E-state index >= 15 is 0 Å². The fourth-order valence-corrected chi connectivity index (χ4v) is 5.11. The Morgan fingerprint density at radius 3 is 2.68 bits per heavy atom. The van der Waals surface area contributed by atoms with Gasteiger partial charge < -0.3 is 14.6 Å². The van der Waals surface area contributed by atoms with Gasteiger partial charge in [0.05, 0.1) is 18.4 Å². The minimum atomic E-state index is -0.416. The molecule has 2 heterocycles. The van der Waals surface area contributed by atoms with Gasteiger partial charge in [0.25, 0.3) is 0 Å². The predicted molar refractivity (Wildman–Crippen MR) is 111 cm³/mol. The van der Waals surface area contributed by atoms with Gasteiger partial charge in [-0.05, 0) is 38.2 Å². The monoisotopic (exact) mass is 422 g/mol. The lowest BCUT2D eigenvalue weighted by molar-refractivity contribution is -0.113. The van der Waals surface area contributed by atoms with Crippen LogP contribution in [0, 0.1) is 6.92 Å². The number of amides is 1. The lowest BCUT2D eigenvalue weighted by atomic mass is 10.1. The third kappa shape index (κ3) is 4.41. The molecular weight excluding hydrogens is 396 g/mol. The molecule has 2 aromatic heterocycles. The topological polar surface area (TPSA) is 86.1 Å². The van der Waals surface area contributed by atoms with Gasteiger partial charge in [0.15, 0.2) is 5.16 Å². The highest BCUT2D eigenvalue weighted by Gasteiger charge is 2.30. The molecule has 7 nitrogen and oxygen atoms in total. The normalized spacial score (nSPS) is 13.6. The molecule has 1 aliphatic carbocycles. The zero-order chi connectivity index (χ0) is 20.3. The second-order valence-electron chi connectivity index (χ2n) is 6.79. The third-order valence-electron chi connectivity index (χ3n) is 4.67. The van der Waals surface area contributed by atoms with Crippen molar-refractivity contribution in [1.29, 1.82) is 0 Å². The molecule has 1 saturated carbocycles. The lowest BCUT2D eigenvalue weighted by Crippen LogP contribution is -2.16. The largest absolute Gasteiger partial charge is 0.465 e. The summed E-state index contributed by atoms with van der Waals surface area (Å²) in [6.45, 7) is 6.92. The van der Waals surface area contributed by atoms with Crippen LogP contribution in [0.5, 0.6) is 0 Å². The molecule has 3 rings (SSSR count). The fourth-order valence-electron chi connectivity index (χ4n) is 3.19. The highest BCUT2D eigenvalue weighted by atomic mass is 32.2. The Hall–Kier alpha value is -1.87. The van der Waals surface area contributed by atoms with Crippen molar-refractivity contribution in [3.05, 3.63) is 21.8 Å². The van der Waals surface area contributed by atoms with Crippen LogP contribution in [0.1, 0.15) is 65.7 Å². The molecule has 0 radical (unpaired) electrons. The van der Waals surface area contributed by atoms with Crippen molar-refractivity contribution in [1.82, 2.24) is 14.8 Å². The molecule has 2 aromatic rings. The van der Waals surface area contributed by atoms with Crippen molar-refractivity contribution in [3.63, 3.8) is 0 Å². The maximum atomic E-state index is 12.5. The predicted octanol–water partition coefficient (Wildman–Crippen LogP) is 4.02. The smallest absolute Gasteiger partial charge is 0.341 e. The van der Waals surface area contributed by atoms with Crippen LogP contribution in [-0.2, 0) is 22.5 Å². The number of rotatable bonds is 9. The summed E-state index contributed by atoms with van der Waals surface area (Å²) in [7, 11) is 1.36. The minimum Gasteiger partial charge on any atom is -0.465 e. The van der Waals surface area contributed by atoms with Crippen LogP contribution >= 0.6 is 23.1 Å². The number of methoxy groups -OCH3 is 1. The van der Waals surface area contributed by atoms with Gasteiger partial charge in [0, 0.05) is 17.3 Å². The molecule has 0 saturated heterocycles. The molecule has 0 bridgehead atoms. The van der Waals surface area contributed by atoms with Gasteiger partial charge in [-0.15, -0.1) is 21.5 Å². The summed E-state index contributed by atoms with van der Waals surface area (Å²) in [5.41, 5.74) is 1.40. The van der Waals surface area contributed by atoms with E-state index in [9.17, 15) is 9.59 Å². The quantitative estimate of drug-likeness (QED) is 0.485. The van der Waals surface area contributed by atoms with Crippen LogP contribution < -0.4 is 5.32 Å². The average Bonchev–Trinajstić information content (AvgIpc) is 3.37. The van der Waals surface area contributed by atoms with Crippen molar-refractivity contribution in [2.24, 2.45) is 0 Å². The van der Waals surface area contributed by atoms with Crippen LogP contribution in [0.3, 0.4) is 0 Å². The zero-order valence-corrected chi connectivity index (χ0v) is 18.3. The highest BCUT2D eigenvalue weighted by Crippen LogP contribution is 2.40. The molecule has 1 aliphatic rings. The first-order valence-electron chi connectivity index (χ1n) is 9.56. The molecule has 0 aromatic carbocycles. The number of aromatic nitrogens is 3. The van der Waals surface area contributed by atoms with Gasteiger partial charge in [0.1, 0.15) is 10.8 Å². The molecule has 1 fully saturated rings. The number of nitrogens with one attached hydrogen (secondary N) is 1. The number of nitrogens with zero attached hydrogens (tertiary/aromatic N) is 3. The number of aryl methyl sites for hydroxylation is 1. The van der Waals surface area contributed by atoms with E-state index < -0.39 is 5.97 Å². The number of anilines is 1. The number of carbonyl (C=O) groups excluding carboxylic acids is 2. The van der Waals surface area contributed by atoms with E-state index in [1.165, 1.54) is 43.1 Å². The van der Waals surface area contributed by atoms with E-state index in [4.69, 9.17) is 4.74 Å². The van der Waals surface area contributed by atoms with E-state index in [-0.39, 0.29) is 11.7 Å². The Kier molecular flexibility index (Phi) is 6.77. The SMILES string of the molecule is CCCn1c(SCC(=O)Nc2sc(C)c(CC)c2C(=O)OC)nnc1C1CC1. The Labute approximate surface area is 173 Å². The molecule has 152 valence electrons. The summed E-state index contributed by atoms with van der Waals surface area (Å²) in [5.74, 6) is 1.19. The molecule has 28 heavy (non-hydrogen) atoms. The Morgan fingerprint density at radius 2 is 2.07 bits per heavy atom. The molecule has 9 heteroatoms. The van der Waals surface area contributed by atoms with Crippen LogP contribution in [0.25, 0.3) is 0 Å². The van der Waals surface area contributed by atoms with E-state index in [0.29, 0.717) is 22.9 Å². The molecule has 0 spiro atoms. The van der Waals surface area contributed by atoms with E-state index in [1.807, 2.05) is 13.8 Å². The van der Waals surface area contributed by atoms with Gasteiger partial charge >= 0.3 is 5.97 Å². The van der Waals surface area contributed by atoms with Crippen LogP contribution in [0.15, 0.2) is 5.16 Å². The van der Waals surface area contributed by atoms with Gasteiger partial charge in [-0.25, -0.2) is 4.79 Å². The van der Waals surface area contributed by atoms with Crippen molar-refractivity contribution >= 4 is 40.0 Å². The van der Waals surface area contributed by atoms with Crippen LogP contribution in [0.2, 0.25) is 0 Å². The summed E-state index contributed by atoms with van der Waals surface area (Å²) >= 11 is 2.79. The van der Waals surface area contributed by atoms with Crippen molar-refractivity contribution in [3.8, 4) is 0 Å². The van der Waals surface area contributed by atoms with Gasteiger partial charge in [-0.2, -0.15) is 0 Å². The summed E-state index contributed by atoms with van der Waals surface area (Å²) < 4.78 is 7.05. The Bertz CT molecular complexity index is 871. The Morgan fingerprint density at radius 1 is 1.32 bits per heavy atom. The van der Waals surface area contributed by atoms with Crippen molar-refractivity contribution < 1.29 is 14.3 Å². The van der Waals surface area contributed by atoms with E-state index in [0.717, 1.165) is 34.4 Å². The first kappa shape index (κ1) is 20.9. The first-order valence-corrected chi connectivity index (χ1v) is 11.4. The van der Waals surface area contributed by atoms with Gasteiger partial charge in [-0.1, -0.05) is 25.6 Å². The van der Waals surface area contributed by atoms with Crippen LogP contribution in [0.4, 0.5) is 5.00 Å². The number of thioether (sulfide) groups is 1. The van der Waals surface area contributed by atoms with Gasteiger partial charge in [0.2, 0.25) is 5.91 Å². The lowest BCUT2D eigenvalue weighted by Gasteiger charge is -2.09. The maximum Gasteiger partial charge on any atom is 0.341 e. The molecule has 1 amide bonds. The Balaban J connectivity index is 1.69. The fraction of sp³-hybridized carbons (Fsp3) is 0.579. The van der Waals surface area contributed by atoms with Gasteiger partial charge in [-0.3, -0.25) is 4.79 Å². The second kappa shape index (κ2) is 9.09. The van der Waals surface area contributed by atoms with Crippen molar-refractivity contribution in [2.45, 2.75) is 64.1 Å². The number of hydrogen-bond donors (Lipinski definition) is 1.